The molecular weight excluding hydrogens is 208 g/mol. The van der Waals surface area contributed by atoms with Crippen molar-refractivity contribution in [1.82, 2.24) is 0 Å². The first-order valence-corrected chi connectivity index (χ1v) is 5.58. The third-order valence-electron chi connectivity index (χ3n) is 2.63. The smallest absolute Gasteiger partial charge is 0.150 e. The number of aldehydes is 1. The van der Waals surface area contributed by atoms with Crippen LogP contribution in [-0.4, -0.2) is 6.29 Å². The first-order valence-electron chi connectivity index (χ1n) is 5.58. The van der Waals surface area contributed by atoms with Crippen LogP contribution in [0.25, 0.3) is 11.6 Å². The van der Waals surface area contributed by atoms with Gasteiger partial charge in [-0.2, -0.15) is 0 Å². The lowest BCUT2D eigenvalue weighted by molar-refractivity contribution is -0.103. The fraction of sp³-hybridized carbons (Fsp3) is 0.0625. The zero-order chi connectivity index (χ0) is 12.1. The Hall–Kier alpha value is -2.15. The van der Waals surface area contributed by atoms with Crippen LogP contribution in [0.5, 0.6) is 0 Å². The van der Waals surface area contributed by atoms with E-state index in [1.54, 1.807) is 0 Å². The lowest BCUT2D eigenvalue weighted by atomic mass is 10.0. The Bertz CT molecular complexity index is 521. The number of rotatable bonds is 3. The number of hydrogen-bond donors (Lipinski definition) is 0. The second-order valence-corrected chi connectivity index (χ2v) is 3.99. The largest absolute Gasteiger partial charge is 0.298 e. The van der Waals surface area contributed by atoms with E-state index < -0.39 is 0 Å². The van der Waals surface area contributed by atoms with Crippen LogP contribution in [0.4, 0.5) is 0 Å². The number of allylic oxidation sites excluding steroid dienone is 1. The highest BCUT2D eigenvalue weighted by Crippen LogP contribution is 2.16. The molecule has 0 aliphatic heterocycles. The predicted octanol–water partition coefficient (Wildman–Crippen LogP) is 3.73. The van der Waals surface area contributed by atoms with E-state index >= 15 is 0 Å². The van der Waals surface area contributed by atoms with Crippen LogP contribution in [0.3, 0.4) is 0 Å². The fourth-order valence-corrected chi connectivity index (χ4v) is 1.66. The molecule has 0 radical (unpaired) electrons. The van der Waals surface area contributed by atoms with Gasteiger partial charge in [0, 0.05) is 5.57 Å². The maximum absolute atomic E-state index is 11.1. The molecule has 17 heavy (non-hydrogen) atoms. The highest BCUT2D eigenvalue weighted by molar-refractivity contribution is 6.13. The average molecular weight is 222 g/mol. The van der Waals surface area contributed by atoms with E-state index in [-0.39, 0.29) is 0 Å². The zero-order valence-electron chi connectivity index (χ0n) is 9.76. The third-order valence-corrected chi connectivity index (χ3v) is 2.63. The Balaban J connectivity index is 2.36. The van der Waals surface area contributed by atoms with E-state index in [1.807, 2.05) is 67.6 Å². The fourth-order valence-electron chi connectivity index (χ4n) is 1.66. The van der Waals surface area contributed by atoms with Gasteiger partial charge in [-0.25, -0.2) is 0 Å². The number of hydrogen-bond acceptors (Lipinski definition) is 1. The van der Waals surface area contributed by atoms with Gasteiger partial charge in [-0.15, -0.1) is 0 Å². The lowest BCUT2D eigenvalue weighted by Gasteiger charge is -2.01. The third kappa shape index (κ3) is 2.91. The molecule has 0 bridgehead atoms. The van der Waals surface area contributed by atoms with Gasteiger partial charge in [-0.3, -0.25) is 4.79 Å². The van der Waals surface area contributed by atoms with Gasteiger partial charge in [0.15, 0.2) is 6.29 Å². The Labute approximate surface area is 101 Å². The van der Waals surface area contributed by atoms with Crippen molar-refractivity contribution < 1.29 is 4.79 Å². The number of aryl methyl sites for hydroxylation is 1. The average Bonchev–Trinajstić information content (AvgIpc) is 2.39. The summed E-state index contributed by atoms with van der Waals surface area (Å²) in [6.45, 7) is 2.05. The topological polar surface area (TPSA) is 17.1 Å². The van der Waals surface area contributed by atoms with E-state index in [9.17, 15) is 4.79 Å². The van der Waals surface area contributed by atoms with Crippen molar-refractivity contribution in [2.45, 2.75) is 6.92 Å². The molecule has 0 amide bonds. The molecule has 84 valence electrons. The first-order chi connectivity index (χ1) is 8.29. The summed E-state index contributed by atoms with van der Waals surface area (Å²) >= 11 is 0. The van der Waals surface area contributed by atoms with Crippen LogP contribution in [0.2, 0.25) is 0 Å². The van der Waals surface area contributed by atoms with Crippen molar-refractivity contribution in [3.05, 3.63) is 71.3 Å². The zero-order valence-corrected chi connectivity index (χ0v) is 9.76. The van der Waals surface area contributed by atoms with Crippen LogP contribution in [0.1, 0.15) is 16.7 Å². The predicted molar refractivity (Wildman–Crippen MR) is 71.6 cm³/mol. The molecule has 0 N–H and O–H groups in total. The second kappa shape index (κ2) is 5.26. The molecule has 0 aliphatic rings. The SMILES string of the molecule is Cc1ccc(/C=C(\C=O)c2ccccc2)cc1. The summed E-state index contributed by atoms with van der Waals surface area (Å²) in [5.74, 6) is 0. The maximum Gasteiger partial charge on any atom is 0.150 e. The molecule has 0 unspecified atom stereocenters. The van der Waals surface area contributed by atoms with Gasteiger partial charge in [-0.1, -0.05) is 60.2 Å². The maximum atomic E-state index is 11.1. The van der Waals surface area contributed by atoms with Gasteiger partial charge in [0.1, 0.15) is 0 Å². The monoisotopic (exact) mass is 222 g/mol. The quantitative estimate of drug-likeness (QED) is 0.439. The normalized spacial score (nSPS) is 11.2. The van der Waals surface area contributed by atoms with Crippen molar-refractivity contribution in [1.29, 1.82) is 0 Å². The van der Waals surface area contributed by atoms with Crippen LogP contribution in [0, 0.1) is 6.92 Å². The molecule has 0 aliphatic carbocycles. The van der Waals surface area contributed by atoms with Crippen molar-refractivity contribution in [3.8, 4) is 0 Å². The summed E-state index contributed by atoms with van der Waals surface area (Å²) in [7, 11) is 0. The molecule has 0 spiro atoms. The molecule has 1 nitrogen and oxygen atoms in total. The number of carbonyl (C=O) groups is 1. The van der Waals surface area contributed by atoms with Crippen LogP contribution in [-0.2, 0) is 4.79 Å². The van der Waals surface area contributed by atoms with Crippen LogP contribution >= 0.6 is 0 Å². The number of benzene rings is 2. The summed E-state index contributed by atoms with van der Waals surface area (Å²) < 4.78 is 0. The van der Waals surface area contributed by atoms with Crippen LogP contribution < -0.4 is 0 Å². The molecular formula is C16H14O. The van der Waals surface area contributed by atoms with Gasteiger partial charge in [0.05, 0.1) is 0 Å². The van der Waals surface area contributed by atoms with Gasteiger partial charge < -0.3 is 0 Å². The van der Waals surface area contributed by atoms with Gasteiger partial charge >= 0.3 is 0 Å². The molecule has 0 heterocycles. The summed E-state index contributed by atoms with van der Waals surface area (Å²) in [6.07, 6.45) is 2.80. The Morgan fingerprint density at radius 2 is 1.59 bits per heavy atom. The highest BCUT2D eigenvalue weighted by atomic mass is 16.1. The second-order valence-electron chi connectivity index (χ2n) is 3.99. The summed E-state index contributed by atoms with van der Waals surface area (Å²) in [5, 5.41) is 0. The Morgan fingerprint density at radius 3 is 2.18 bits per heavy atom. The molecule has 2 aromatic rings. The standard InChI is InChI=1S/C16H14O/c1-13-7-9-14(10-8-13)11-16(12-17)15-5-3-2-4-6-15/h2-12H,1H3/b16-11+. The molecule has 0 fully saturated rings. The minimum atomic E-state index is 0.703. The summed E-state index contributed by atoms with van der Waals surface area (Å²) in [4.78, 5) is 11.1. The molecule has 1 heteroatoms. The molecule has 2 aromatic carbocycles. The minimum Gasteiger partial charge on any atom is -0.298 e. The van der Waals surface area contributed by atoms with Crippen molar-refractivity contribution in [3.63, 3.8) is 0 Å². The highest BCUT2D eigenvalue weighted by Gasteiger charge is 1.99. The summed E-state index contributed by atoms with van der Waals surface area (Å²) in [5.41, 5.74) is 3.91. The van der Waals surface area contributed by atoms with E-state index in [2.05, 4.69) is 0 Å². The van der Waals surface area contributed by atoms with Crippen molar-refractivity contribution >= 4 is 17.9 Å². The van der Waals surface area contributed by atoms with Gasteiger partial charge in [0.25, 0.3) is 0 Å². The molecule has 0 aromatic heterocycles. The first kappa shape index (κ1) is 11.3. The molecule has 0 saturated heterocycles. The van der Waals surface area contributed by atoms with Crippen LogP contribution in [0.15, 0.2) is 54.6 Å². The van der Waals surface area contributed by atoms with Gasteiger partial charge in [0.2, 0.25) is 0 Å². The number of carbonyl (C=O) groups excluding carboxylic acids is 1. The van der Waals surface area contributed by atoms with E-state index in [0.717, 1.165) is 17.4 Å². The Morgan fingerprint density at radius 1 is 0.941 bits per heavy atom. The molecule has 0 atom stereocenters. The summed E-state index contributed by atoms with van der Waals surface area (Å²) in [6, 6.07) is 17.8. The van der Waals surface area contributed by atoms with E-state index in [4.69, 9.17) is 0 Å². The molecule has 0 saturated carbocycles. The minimum absolute atomic E-state index is 0.703. The lowest BCUT2D eigenvalue weighted by Crippen LogP contribution is -1.85. The Kier molecular flexibility index (Phi) is 3.51. The van der Waals surface area contributed by atoms with Crippen molar-refractivity contribution in [2.75, 3.05) is 0 Å². The van der Waals surface area contributed by atoms with Crippen molar-refractivity contribution in [2.24, 2.45) is 0 Å². The van der Waals surface area contributed by atoms with E-state index in [1.165, 1.54) is 5.56 Å². The molecule has 2 rings (SSSR count). The van der Waals surface area contributed by atoms with Gasteiger partial charge in [-0.05, 0) is 24.1 Å². The van der Waals surface area contributed by atoms with E-state index in [0.29, 0.717) is 5.57 Å².